The lowest BCUT2D eigenvalue weighted by Gasteiger charge is -2.07. The molecular formula is C17H16ClFN2O3. The maximum absolute atomic E-state index is 13.1. The number of carbonyl (C=O) groups excluding carboxylic acids is 2. The van der Waals surface area contributed by atoms with Crippen molar-refractivity contribution in [2.24, 2.45) is 0 Å². The van der Waals surface area contributed by atoms with E-state index in [0.717, 1.165) is 0 Å². The Hall–Kier alpha value is -2.44. The first-order chi connectivity index (χ1) is 11.5. The average molecular weight is 351 g/mol. The van der Waals surface area contributed by atoms with Crippen LogP contribution in [0.25, 0.3) is 0 Å². The fraction of sp³-hybridized carbons (Fsp3) is 0.176. The van der Waals surface area contributed by atoms with E-state index in [1.54, 1.807) is 19.2 Å². The summed E-state index contributed by atoms with van der Waals surface area (Å²) in [5, 5.41) is 5.22. The standard InChI is InChI=1S/C17H16ClFN2O3/c1-24-9-8-20-16(22)11-2-4-12(5-3-11)17(23)21-13-6-7-15(19)14(18)10-13/h2-7,10H,8-9H2,1H3,(H,20,22)(H,21,23). The summed E-state index contributed by atoms with van der Waals surface area (Å²) in [5.41, 5.74) is 1.18. The van der Waals surface area contributed by atoms with Crippen LogP contribution in [0.4, 0.5) is 10.1 Å². The third-order valence-electron chi connectivity index (χ3n) is 3.18. The Morgan fingerprint density at radius 3 is 2.29 bits per heavy atom. The summed E-state index contributed by atoms with van der Waals surface area (Å²) >= 11 is 5.67. The Kier molecular flexibility index (Phi) is 6.28. The molecule has 0 aliphatic heterocycles. The van der Waals surface area contributed by atoms with Gasteiger partial charge in [-0.3, -0.25) is 9.59 Å². The third-order valence-corrected chi connectivity index (χ3v) is 3.47. The molecule has 2 aromatic rings. The maximum Gasteiger partial charge on any atom is 0.255 e. The molecule has 0 saturated carbocycles. The summed E-state index contributed by atoms with van der Waals surface area (Å²) in [6.45, 7) is 0.829. The number of hydrogen-bond donors (Lipinski definition) is 2. The highest BCUT2D eigenvalue weighted by atomic mass is 35.5. The van der Waals surface area contributed by atoms with E-state index in [2.05, 4.69) is 10.6 Å². The highest BCUT2D eigenvalue weighted by molar-refractivity contribution is 6.31. The van der Waals surface area contributed by atoms with E-state index in [1.165, 1.54) is 30.3 Å². The Labute approximate surface area is 143 Å². The minimum absolute atomic E-state index is 0.0733. The molecule has 0 heterocycles. The first-order valence-electron chi connectivity index (χ1n) is 7.15. The number of methoxy groups -OCH3 is 1. The molecule has 0 fully saturated rings. The Bertz CT molecular complexity index is 735. The molecule has 2 N–H and O–H groups in total. The van der Waals surface area contributed by atoms with Crippen LogP contribution in [0.5, 0.6) is 0 Å². The molecule has 0 aromatic heterocycles. The van der Waals surface area contributed by atoms with E-state index in [-0.39, 0.29) is 16.8 Å². The largest absolute Gasteiger partial charge is 0.383 e. The van der Waals surface area contributed by atoms with Crippen LogP contribution in [0.15, 0.2) is 42.5 Å². The first kappa shape index (κ1) is 17.9. The second-order valence-electron chi connectivity index (χ2n) is 4.91. The van der Waals surface area contributed by atoms with E-state index < -0.39 is 5.82 Å². The number of hydrogen-bond acceptors (Lipinski definition) is 3. The molecule has 0 aliphatic rings. The van der Waals surface area contributed by atoms with Crippen LogP contribution in [0.1, 0.15) is 20.7 Å². The monoisotopic (exact) mass is 350 g/mol. The second kappa shape index (κ2) is 8.42. The molecule has 0 bridgehead atoms. The van der Waals surface area contributed by atoms with E-state index in [1.807, 2.05) is 0 Å². The second-order valence-corrected chi connectivity index (χ2v) is 5.32. The van der Waals surface area contributed by atoms with Crippen molar-refractivity contribution in [1.82, 2.24) is 5.32 Å². The van der Waals surface area contributed by atoms with E-state index >= 15 is 0 Å². The predicted molar refractivity (Wildman–Crippen MR) is 90.0 cm³/mol. The van der Waals surface area contributed by atoms with Crippen LogP contribution in [0.3, 0.4) is 0 Å². The van der Waals surface area contributed by atoms with Gasteiger partial charge in [-0.2, -0.15) is 0 Å². The zero-order valence-corrected chi connectivity index (χ0v) is 13.7. The van der Waals surface area contributed by atoms with Gasteiger partial charge in [-0.25, -0.2) is 4.39 Å². The minimum Gasteiger partial charge on any atom is -0.383 e. The van der Waals surface area contributed by atoms with Crippen LogP contribution in [-0.4, -0.2) is 32.1 Å². The lowest BCUT2D eigenvalue weighted by Crippen LogP contribution is -2.26. The van der Waals surface area contributed by atoms with Crippen LogP contribution < -0.4 is 10.6 Å². The van der Waals surface area contributed by atoms with E-state index in [4.69, 9.17) is 16.3 Å². The predicted octanol–water partition coefficient (Wildman–Crippen LogP) is 3.11. The van der Waals surface area contributed by atoms with Crippen molar-refractivity contribution in [3.8, 4) is 0 Å². The van der Waals surface area contributed by atoms with Gasteiger partial charge in [0, 0.05) is 30.5 Å². The van der Waals surface area contributed by atoms with Crippen molar-refractivity contribution in [3.63, 3.8) is 0 Å². The first-order valence-corrected chi connectivity index (χ1v) is 7.52. The third kappa shape index (κ3) is 4.78. The van der Waals surface area contributed by atoms with Crippen LogP contribution in [-0.2, 0) is 4.74 Å². The van der Waals surface area contributed by atoms with Gasteiger partial charge in [0.05, 0.1) is 11.6 Å². The molecule has 2 aromatic carbocycles. The summed E-state index contributed by atoms with van der Waals surface area (Å²) in [6, 6.07) is 10.1. The fourth-order valence-electron chi connectivity index (χ4n) is 1.92. The normalized spacial score (nSPS) is 10.3. The van der Waals surface area contributed by atoms with Crippen molar-refractivity contribution in [1.29, 1.82) is 0 Å². The molecule has 0 unspecified atom stereocenters. The zero-order valence-electron chi connectivity index (χ0n) is 12.9. The van der Waals surface area contributed by atoms with Crippen LogP contribution in [0.2, 0.25) is 5.02 Å². The number of amides is 2. The highest BCUT2D eigenvalue weighted by Crippen LogP contribution is 2.20. The maximum atomic E-state index is 13.1. The van der Waals surface area contributed by atoms with Crippen LogP contribution in [0, 0.1) is 5.82 Å². The molecule has 7 heteroatoms. The topological polar surface area (TPSA) is 67.4 Å². The van der Waals surface area contributed by atoms with E-state index in [0.29, 0.717) is 30.0 Å². The molecule has 0 atom stereocenters. The summed E-state index contributed by atoms with van der Waals surface area (Å²) in [7, 11) is 1.55. The number of ether oxygens (including phenoxy) is 1. The van der Waals surface area contributed by atoms with Gasteiger partial charge < -0.3 is 15.4 Å². The number of benzene rings is 2. The van der Waals surface area contributed by atoms with Gasteiger partial charge in [0.1, 0.15) is 5.82 Å². The number of anilines is 1. The molecule has 0 radical (unpaired) electrons. The smallest absolute Gasteiger partial charge is 0.255 e. The van der Waals surface area contributed by atoms with Crippen LogP contribution >= 0.6 is 11.6 Å². The van der Waals surface area contributed by atoms with Gasteiger partial charge in [0.2, 0.25) is 0 Å². The lowest BCUT2D eigenvalue weighted by molar-refractivity contribution is 0.0935. The SMILES string of the molecule is COCCNC(=O)c1ccc(C(=O)Nc2ccc(F)c(Cl)c2)cc1. The molecule has 2 rings (SSSR count). The van der Waals surface area contributed by atoms with Crippen molar-refractivity contribution in [3.05, 3.63) is 64.4 Å². The van der Waals surface area contributed by atoms with Crippen molar-refractivity contribution < 1.29 is 18.7 Å². The van der Waals surface area contributed by atoms with E-state index in [9.17, 15) is 14.0 Å². The lowest BCUT2D eigenvalue weighted by atomic mass is 10.1. The summed E-state index contributed by atoms with van der Waals surface area (Å²) < 4.78 is 18.0. The van der Waals surface area contributed by atoms with Gasteiger partial charge in [-0.05, 0) is 42.5 Å². The molecule has 0 spiro atoms. The fourth-order valence-corrected chi connectivity index (χ4v) is 2.10. The number of nitrogens with one attached hydrogen (secondary N) is 2. The van der Waals surface area contributed by atoms with Gasteiger partial charge in [0.25, 0.3) is 11.8 Å². The summed E-state index contributed by atoms with van der Waals surface area (Å²) in [6.07, 6.45) is 0. The Balaban J connectivity index is 2.00. The molecule has 0 aliphatic carbocycles. The van der Waals surface area contributed by atoms with Crippen molar-refractivity contribution in [2.45, 2.75) is 0 Å². The molecule has 2 amide bonds. The highest BCUT2D eigenvalue weighted by Gasteiger charge is 2.10. The Morgan fingerprint density at radius 2 is 1.71 bits per heavy atom. The summed E-state index contributed by atoms with van der Waals surface area (Å²) in [4.78, 5) is 24.0. The molecule has 5 nitrogen and oxygen atoms in total. The number of halogens is 2. The summed E-state index contributed by atoms with van der Waals surface area (Å²) in [5.74, 6) is -1.19. The minimum atomic E-state index is -0.557. The average Bonchev–Trinajstić information content (AvgIpc) is 2.58. The quantitative estimate of drug-likeness (QED) is 0.787. The molecular weight excluding hydrogens is 335 g/mol. The van der Waals surface area contributed by atoms with Crippen molar-refractivity contribution >= 4 is 29.1 Å². The molecule has 24 heavy (non-hydrogen) atoms. The van der Waals surface area contributed by atoms with Gasteiger partial charge >= 0.3 is 0 Å². The number of rotatable bonds is 6. The molecule has 0 saturated heterocycles. The van der Waals surface area contributed by atoms with Crippen molar-refractivity contribution in [2.75, 3.05) is 25.6 Å². The number of carbonyl (C=O) groups is 2. The van der Waals surface area contributed by atoms with Gasteiger partial charge in [-0.1, -0.05) is 11.6 Å². The Morgan fingerprint density at radius 1 is 1.08 bits per heavy atom. The zero-order chi connectivity index (χ0) is 17.5. The van der Waals surface area contributed by atoms with Gasteiger partial charge in [-0.15, -0.1) is 0 Å². The molecule has 126 valence electrons. The van der Waals surface area contributed by atoms with Gasteiger partial charge in [0.15, 0.2) is 0 Å².